The maximum atomic E-state index is 12.0. The van der Waals surface area contributed by atoms with Crippen molar-refractivity contribution < 1.29 is 4.79 Å². The van der Waals surface area contributed by atoms with E-state index in [2.05, 4.69) is 15.7 Å². The molecule has 6 nitrogen and oxygen atoms in total. The van der Waals surface area contributed by atoms with Crippen LogP contribution >= 0.6 is 0 Å². The molecule has 3 rings (SSSR count). The maximum absolute atomic E-state index is 12.0. The molecular weight excluding hydrogens is 304 g/mol. The van der Waals surface area contributed by atoms with Crippen LogP contribution in [0, 0.1) is 0 Å². The molecule has 1 aliphatic carbocycles. The number of aromatic nitrogens is 2. The van der Waals surface area contributed by atoms with Crippen LogP contribution < -0.4 is 16.2 Å². The molecule has 1 saturated carbocycles. The molecule has 1 aromatic carbocycles. The zero-order valence-electron chi connectivity index (χ0n) is 13.8. The first kappa shape index (κ1) is 16.2. The van der Waals surface area contributed by atoms with Crippen molar-refractivity contribution in [3.63, 3.8) is 0 Å². The zero-order chi connectivity index (χ0) is 16.9. The molecule has 0 saturated heterocycles. The summed E-state index contributed by atoms with van der Waals surface area (Å²) in [5.74, 6) is 0. The van der Waals surface area contributed by atoms with E-state index < -0.39 is 0 Å². The average Bonchev–Trinajstić information content (AvgIpc) is 2.59. The van der Waals surface area contributed by atoms with Gasteiger partial charge in [0.25, 0.3) is 5.56 Å². The Morgan fingerprint density at radius 2 is 1.79 bits per heavy atom. The summed E-state index contributed by atoms with van der Waals surface area (Å²) < 4.78 is 1.30. The number of hydrogen-bond acceptors (Lipinski definition) is 3. The Morgan fingerprint density at radius 3 is 2.46 bits per heavy atom. The largest absolute Gasteiger partial charge is 0.335 e. The molecule has 2 N–H and O–H groups in total. The summed E-state index contributed by atoms with van der Waals surface area (Å²) in [5, 5.41) is 10.1. The van der Waals surface area contributed by atoms with Gasteiger partial charge in [0.2, 0.25) is 0 Å². The fraction of sp³-hybridized carbons (Fsp3) is 0.389. The molecule has 6 heteroatoms. The van der Waals surface area contributed by atoms with E-state index in [0.717, 1.165) is 29.8 Å². The Bertz CT molecular complexity index is 761. The van der Waals surface area contributed by atoms with E-state index >= 15 is 0 Å². The van der Waals surface area contributed by atoms with Crippen molar-refractivity contribution in [2.45, 2.75) is 38.1 Å². The first-order valence-electron chi connectivity index (χ1n) is 8.34. The lowest BCUT2D eigenvalue weighted by atomic mass is 9.96. The van der Waals surface area contributed by atoms with Crippen molar-refractivity contribution >= 4 is 11.7 Å². The third-order valence-corrected chi connectivity index (χ3v) is 4.34. The molecule has 1 fully saturated rings. The van der Waals surface area contributed by atoms with Crippen molar-refractivity contribution in [2.24, 2.45) is 7.05 Å². The Balaban J connectivity index is 1.62. The molecule has 0 atom stereocenters. The third-order valence-electron chi connectivity index (χ3n) is 4.34. The second kappa shape index (κ2) is 7.29. The predicted octanol–water partition coefficient (Wildman–Crippen LogP) is 2.90. The number of amides is 2. The van der Waals surface area contributed by atoms with Crippen LogP contribution in [0.4, 0.5) is 10.5 Å². The number of urea groups is 1. The molecule has 0 radical (unpaired) electrons. The highest BCUT2D eigenvalue weighted by Crippen LogP contribution is 2.19. The van der Waals surface area contributed by atoms with Crippen LogP contribution in [-0.2, 0) is 7.05 Å². The lowest BCUT2D eigenvalue weighted by Gasteiger charge is -2.22. The molecule has 2 amide bonds. The lowest BCUT2D eigenvalue weighted by Crippen LogP contribution is -2.38. The van der Waals surface area contributed by atoms with Gasteiger partial charge in [-0.25, -0.2) is 9.48 Å². The third kappa shape index (κ3) is 4.01. The molecule has 24 heavy (non-hydrogen) atoms. The van der Waals surface area contributed by atoms with E-state index in [4.69, 9.17) is 0 Å². The summed E-state index contributed by atoms with van der Waals surface area (Å²) in [6.45, 7) is 0. The molecule has 2 aromatic rings. The quantitative estimate of drug-likeness (QED) is 0.910. The van der Waals surface area contributed by atoms with Crippen LogP contribution in [0.2, 0.25) is 0 Å². The fourth-order valence-corrected chi connectivity index (χ4v) is 2.98. The summed E-state index contributed by atoms with van der Waals surface area (Å²) in [5.41, 5.74) is 2.20. The molecule has 0 aliphatic heterocycles. The molecular formula is C18H22N4O2. The number of nitrogens with one attached hydrogen (secondary N) is 2. The van der Waals surface area contributed by atoms with E-state index in [1.54, 1.807) is 13.1 Å². The van der Waals surface area contributed by atoms with Crippen LogP contribution in [0.3, 0.4) is 0 Å². The number of aryl methyl sites for hydroxylation is 1. The van der Waals surface area contributed by atoms with Gasteiger partial charge in [-0.15, -0.1) is 0 Å². The van der Waals surface area contributed by atoms with E-state index in [1.807, 2.05) is 24.3 Å². The molecule has 1 aliphatic rings. The number of anilines is 1. The smallest absolute Gasteiger partial charge is 0.319 e. The Labute approximate surface area is 140 Å². The minimum atomic E-state index is -0.158. The summed E-state index contributed by atoms with van der Waals surface area (Å²) in [6, 6.07) is 10.7. The SMILES string of the molecule is Cn1nc(-c2ccc(NC(=O)NC3CCCCC3)cc2)ccc1=O. The minimum absolute atomic E-state index is 0.142. The highest BCUT2D eigenvalue weighted by Gasteiger charge is 2.15. The Morgan fingerprint density at radius 1 is 1.08 bits per heavy atom. The van der Waals surface area contributed by atoms with E-state index in [1.165, 1.54) is 30.0 Å². The predicted molar refractivity (Wildman–Crippen MR) is 93.9 cm³/mol. The summed E-state index contributed by atoms with van der Waals surface area (Å²) in [6.07, 6.45) is 5.76. The van der Waals surface area contributed by atoms with Crippen LogP contribution in [0.25, 0.3) is 11.3 Å². The van der Waals surface area contributed by atoms with Crippen LogP contribution in [-0.4, -0.2) is 21.9 Å². The highest BCUT2D eigenvalue weighted by atomic mass is 16.2. The van der Waals surface area contributed by atoms with Gasteiger partial charge in [0.15, 0.2) is 0 Å². The van der Waals surface area contributed by atoms with Gasteiger partial charge in [0.05, 0.1) is 5.69 Å². The molecule has 1 aromatic heterocycles. The van der Waals surface area contributed by atoms with E-state index in [-0.39, 0.29) is 17.6 Å². The van der Waals surface area contributed by atoms with Gasteiger partial charge in [-0.1, -0.05) is 31.4 Å². The van der Waals surface area contributed by atoms with Gasteiger partial charge in [-0.2, -0.15) is 5.10 Å². The summed E-state index contributed by atoms with van der Waals surface area (Å²) in [4.78, 5) is 23.4. The van der Waals surface area contributed by atoms with Crippen molar-refractivity contribution in [1.29, 1.82) is 0 Å². The Hall–Kier alpha value is -2.63. The van der Waals surface area contributed by atoms with Gasteiger partial charge in [-0.3, -0.25) is 4.79 Å². The number of carbonyl (C=O) groups is 1. The van der Waals surface area contributed by atoms with Crippen molar-refractivity contribution in [3.05, 3.63) is 46.8 Å². The molecule has 0 spiro atoms. The monoisotopic (exact) mass is 326 g/mol. The van der Waals surface area contributed by atoms with Crippen LogP contribution in [0.5, 0.6) is 0 Å². The number of nitrogens with zero attached hydrogens (tertiary/aromatic N) is 2. The number of hydrogen-bond donors (Lipinski definition) is 2. The summed E-state index contributed by atoms with van der Waals surface area (Å²) >= 11 is 0. The average molecular weight is 326 g/mol. The summed E-state index contributed by atoms with van der Waals surface area (Å²) in [7, 11) is 1.62. The second-order valence-corrected chi connectivity index (χ2v) is 6.19. The van der Waals surface area contributed by atoms with E-state index in [9.17, 15) is 9.59 Å². The first-order valence-corrected chi connectivity index (χ1v) is 8.34. The van der Waals surface area contributed by atoms with Gasteiger partial charge in [-0.05, 0) is 31.0 Å². The van der Waals surface area contributed by atoms with Crippen LogP contribution in [0.15, 0.2) is 41.2 Å². The first-order chi connectivity index (χ1) is 11.6. The van der Waals surface area contributed by atoms with E-state index in [0.29, 0.717) is 0 Å². The maximum Gasteiger partial charge on any atom is 0.319 e. The topological polar surface area (TPSA) is 76.0 Å². The number of rotatable bonds is 3. The number of carbonyl (C=O) groups excluding carboxylic acids is 1. The van der Waals surface area contributed by atoms with Crippen molar-refractivity contribution in [3.8, 4) is 11.3 Å². The Kier molecular flexibility index (Phi) is 4.93. The van der Waals surface area contributed by atoms with Gasteiger partial charge in [0, 0.05) is 30.4 Å². The lowest BCUT2D eigenvalue weighted by molar-refractivity contribution is 0.244. The molecule has 126 valence electrons. The zero-order valence-corrected chi connectivity index (χ0v) is 13.8. The standard InChI is InChI=1S/C18H22N4O2/c1-22-17(23)12-11-16(21-22)13-7-9-15(10-8-13)20-18(24)19-14-5-3-2-4-6-14/h7-12,14H,2-6H2,1H3,(H2,19,20,24). The van der Waals surface area contributed by atoms with Crippen molar-refractivity contribution in [1.82, 2.24) is 15.1 Å². The molecule has 1 heterocycles. The number of benzene rings is 1. The molecule has 0 bridgehead atoms. The molecule has 0 unspecified atom stereocenters. The fourth-order valence-electron chi connectivity index (χ4n) is 2.98. The van der Waals surface area contributed by atoms with Crippen LogP contribution in [0.1, 0.15) is 32.1 Å². The van der Waals surface area contributed by atoms with Crippen molar-refractivity contribution in [2.75, 3.05) is 5.32 Å². The minimum Gasteiger partial charge on any atom is -0.335 e. The van der Waals surface area contributed by atoms with Gasteiger partial charge < -0.3 is 10.6 Å². The van der Waals surface area contributed by atoms with Gasteiger partial charge in [0.1, 0.15) is 0 Å². The normalized spacial score (nSPS) is 15.0. The second-order valence-electron chi connectivity index (χ2n) is 6.19. The van der Waals surface area contributed by atoms with Gasteiger partial charge >= 0.3 is 6.03 Å². The highest BCUT2D eigenvalue weighted by molar-refractivity contribution is 5.89.